The van der Waals surface area contributed by atoms with Gasteiger partial charge in [0, 0.05) is 23.9 Å². The van der Waals surface area contributed by atoms with Gasteiger partial charge in [-0.2, -0.15) is 4.98 Å². The molecule has 1 saturated carbocycles. The van der Waals surface area contributed by atoms with E-state index in [1.165, 1.54) is 34.5 Å². The summed E-state index contributed by atoms with van der Waals surface area (Å²) in [5.74, 6) is -0.478. The van der Waals surface area contributed by atoms with Gasteiger partial charge in [0.2, 0.25) is 11.8 Å². The molecule has 2 fully saturated rings. The van der Waals surface area contributed by atoms with E-state index in [9.17, 15) is 14.4 Å². The van der Waals surface area contributed by atoms with Gasteiger partial charge in [-0.25, -0.2) is 18.7 Å². The van der Waals surface area contributed by atoms with Gasteiger partial charge in [-0.15, -0.1) is 11.8 Å². The molecule has 0 unspecified atom stereocenters. The highest BCUT2D eigenvalue weighted by Gasteiger charge is 2.58. The van der Waals surface area contributed by atoms with Crippen molar-refractivity contribution in [3.63, 3.8) is 0 Å². The predicted octanol–water partition coefficient (Wildman–Crippen LogP) is 5.63. The lowest BCUT2D eigenvalue weighted by molar-refractivity contribution is -0.127. The van der Waals surface area contributed by atoms with Gasteiger partial charge in [0.25, 0.3) is 0 Å². The van der Waals surface area contributed by atoms with Crippen LogP contribution in [0.1, 0.15) is 32.3 Å². The first-order chi connectivity index (χ1) is 21.6. The van der Waals surface area contributed by atoms with Crippen LogP contribution in [0.15, 0.2) is 64.8 Å². The summed E-state index contributed by atoms with van der Waals surface area (Å²) in [6.07, 6.45) is 1.33. The van der Waals surface area contributed by atoms with Crippen LogP contribution in [-0.4, -0.2) is 62.2 Å². The van der Waals surface area contributed by atoms with E-state index in [-0.39, 0.29) is 69.1 Å². The van der Waals surface area contributed by atoms with Crippen molar-refractivity contribution in [1.29, 1.82) is 0 Å². The maximum Gasteiger partial charge on any atom is 0.355 e. The number of nitrogens with one attached hydrogen (secondary N) is 1. The highest BCUT2D eigenvalue weighted by molar-refractivity contribution is 8.00. The zero-order valence-corrected chi connectivity index (χ0v) is 26.5. The molecular formula is C33H30ClFN6O3S. The zero-order valence-electron chi connectivity index (χ0n) is 24.9. The van der Waals surface area contributed by atoms with E-state index in [1.807, 2.05) is 36.9 Å². The smallest absolute Gasteiger partial charge is 0.349 e. The Balaban J connectivity index is 1.55. The molecule has 1 aliphatic carbocycles. The van der Waals surface area contributed by atoms with Crippen molar-refractivity contribution in [2.45, 2.75) is 43.7 Å². The Morgan fingerprint density at radius 3 is 2.69 bits per heavy atom. The Hall–Kier alpha value is -4.22. The molecule has 0 spiro atoms. The van der Waals surface area contributed by atoms with Crippen LogP contribution in [0.2, 0.25) is 5.02 Å². The number of rotatable bonds is 3. The second kappa shape index (κ2) is 11.0. The van der Waals surface area contributed by atoms with Crippen molar-refractivity contribution < 1.29 is 14.0 Å². The van der Waals surface area contributed by atoms with Crippen LogP contribution in [0.5, 0.6) is 0 Å². The molecule has 2 aromatic carbocycles. The van der Waals surface area contributed by atoms with Crippen molar-refractivity contribution in [2.24, 2.45) is 5.92 Å². The number of nitrogens with zero attached hydrogens (tertiary/aromatic N) is 5. The van der Waals surface area contributed by atoms with E-state index in [4.69, 9.17) is 16.6 Å². The number of thioether (sulfide) groups is 1. The number of carbonyl (C=O) groups excluding carboxylic acids is 2. The van der Waals surface area contributed by atoms with E-state index < -0.39 is 11.5 Å². The number of benzene rings is 2. The first-order valence-electron chi connectivity index (χ1n) is 14.8. The quantitative estimate of drug-likeness (QED) is 0.289. The number of anilines is 2. The minimum Gasteiger partial charge on any atom is -0.349 e. The molecular weight excluding hydrogens is 615 g/mol. The SMILES string of the molecule is C=CC(=O)N1CCN(c2nc(=O)n3c4nc(c(Cl)cc24)-c2c(F)cccc2NC(=O)CSc2cccc(C(C)C)c2-3)[C@@H]2[C@H](C)[C@@H]21. The molecule has 9 nitrogen and oxygen atoms in total. The maximum absolute atomic E-state index is 15.6. The fraction of sp³-hybridized carbons (Fsp3) is 0.303. The number of pyridine rings is 1. The van der Waals surface area contributed by atoms with Gasteiger partial charge >= 0.3 is 5.69 Å². The van der Waals surface area contributed by atoms with Crippen molar-refractivity contribution >= 4 is 57.7 Å². The van der Waals surface area contributed by atoms with E-state index in [2.05, 4.69) is 28.7 Å². The van der Waals surface area contributed by atoms with E-state index in [0.717, 1.165) is 5.56 Å². The fourth-order valence-electron chi connectivity index (χ4n) is 6.75. The summed E-state index contributed by atoms with van der Waals surface area (Å²) in [7, 11) is 0. The number of para-hydroxylation sites is 1. The second-order valence-corrected chi connectivity index (χ2v) is 13.3. The number of piperazine rings is 1. The van der Waals surface area contributed by atoms with Gasteiger partial charge in [-0.1, -0.05) is 57.2 Å². The summed E-state index contributed by atoms with van der Waals surface area (Å²) < 4.78 is 17.0. The van der Waals surface area contributed by atoms with Gasteiger partial charge in [-0.05, 0) is 41.8 Å². The van der Waals surface area contributed by atoms with Gasteiger partial charge < -0.3 is 15.1 Å². The molecule has 2 amide bonds. The lowest BCUT2D eigenvalue weighted by atomic mass is 10.0. The minimum atomic E-state index is -0.615. The highest BCUT2D eigenvalue weighted by atomic mass is 35.5. The minimum absolute atomic E-state index is 0.0115. The van der Waals surface area contributed by atoms with Crippen molar-refractivity contribution in [2.75, 3.05) is 29.1 Å². The fourth-order valence-corrected chi connectivity index (χ4v) is 7.88. The molecule has 1 saturated heterocycles. The van der Waals surface area contributed by atoms with Crippen molar-refractivity contribution in [3.8, 4) is 16.9 Å². The third-order valence-corrected chi connectivity index (χ3v) is 10.2. The van der Waals surface area contributed by atoms with E-state index in [1.54, 1.807) is 12.1 Å². The maximum atomic E-state index is 15.6. The summed E-state index contributed by atoms with van der Waals surface area (Å²) in [6.45, 7) is 10.7. The number of carbonyl (C=O) groups is 2. The number of amides is 2. The number of hydrogen-bond acceptors (Lipinski definition) is 7. The Bertz CT molecular complexity index is 2000. The summed E-state index contributed by atoms with van der Waals surface area (Å²) in [5, 5.41) is 3.50. The third kappa shape index (κ3) is 4.71. The second-order valence-electron chi connectivity index (χ2n) is 11.9. The van der Waals surface area contributed by atoms with Crippen LogP contribution in [0.25, 0.3) is 28.0 Å². The molecule has 1 N–H and O–H groups in total. The van der Waals surface area contributed by atoms with Crippen LogP contribution in [0.3, 0.4) is 0 Å². The summed E-state index contributed by atoms with van der Waals surface area (Å²) >= 11 is 8.19. The van der Waals surface area contributed by atoms with Crippen LogP contribution >= 0.6 is 23.4 Å². The summed E-state index contributed by atoms with van der Waals surface area (Å²) in [6, 6.07) is 11.7. The third-order valence-electron chi connectivity index (χ3n) is 8.88. The van der Waals surface area contributed by atoms with Crippen LogP contribution in [0, 0.1) is 11.7 Å². The number of fused-ring (bicyclic) bond motifs is 6. The highest BCUT2D eigenvalue weighted by Crippen LogP contribution is 2.47. The average Bonchev–Trinajstić information content (AvgIpc) is 3.69. The Morgan fingerprint density at radius 1 is 1.16 bits per heavy atom. The van der Waals surface area contributed by atoms with Crippen molar-refractivity contribution in [3.05, 3.63) is 82.0 Å². The average molecular weight is 645 g/mol. The topological polar surface area (TPSA) is 100 Å². The summed E-state index contributed by atoms with van der Waals surface area (Å²) in [4.78, 5) is 54.2. The molecule has 3 aliphatic rings. The molecule has 230 valence electrons. The molecule has 4 heterocycles. The van der Waals surface area contributed by atoms with Crippen LogP contribution < -0.4 is 15.9 Å². The lowest BCUT2D eigenvalue weighted by Gasteiger charge is -2.35. The van der Waals surface area contributed by atoms with E-state index in [0.29, 0.717) is 34.9 Å². The van der Waals surface area contributed by atoms with E-state index >= 15 is 4.39 Å². The Kier molecular flexibility index (Phi) is 7.20. The number of halogens is 2. The van der Waals surface area contributed by atoms with Gasteiger partial charge in [0.1, 0.15) is 11.6 Å². The molecule has 2 aromatic heterocycles. The normalized spacial score (nSPS) is 20.6. The van der Waals surface area contributed by atoms with Crippen LogP contribution in [0.4, 0.5) is 15.9 Å². The Labute approximate surface area is 268 Å². The van der Waals surface area contributed by atoms with Crippen LogP contribution in [-0.2, 0) is 9.59 Å². The summed E-state index contributed by atoms with van der Waals surface area (Å²) in [5.41, 5.74) is 1.52. The Morgan fingerprint density at radius 2 is 1.93 bits per heavy atom. The van der Waals surface area contributed by atoms with Gasteiger partial charge in [0.15, 0.2) is 5.65 Å². The standard InChI is InChI=1S/C33H30ClFN6O3S/c1-5-25(43)39-12-13-40(29-17(4)28(29)39)31-19-14-20(34)27-26-21(35)9-7-10-22(26)36-24(42)15-45-23-11-6-8-18(16(2)3)30(23)41(32(19)37-27)33(44)38-31/h5-11,14,16-17,28-29H,1,12-13,15H2,2-4H3,(H,36,42)/t17-,28+,29-/m1/s1. The zero-order chi connectivity index (χ0) is 31.7. The number of aromatic nitrogens is 3. The molecule has 2 aliphatic heterocycles. The molecule has 45 heavy (non-hydrogen) atoms. The number of hydrogen-bond donors (Lipinski definition) is 1. The van der Waals surface area contributed by atoms with Crippen molar-refractivity contribution in [1.82, 2.24) is 19.4 Å². The first-order valence-corrected chi connectivity index (χ1v) is 16.1. The van der Waals surface area contributed by atoms with Gasteiger partial charge in [0.05, 0.1) is 50.9 Å². The molecule has 4 aromatic rings. The predicted molar refractivity (Wildman–Crippen MR) is 175 cm³/mol. The molecule has 2 bridgehead atoms. The van der Waals surface area contributed by atoms with Gasteiger partial charge in [-0.3, -0.25) is 9.59 Å². The lowest BCUT2D eigenvalue weighted by Crippen LogP contribution is -2.49. The molecule has 0 radical (unpaired) electrons. The molecule has 12 heteroatoms. The first kappa shape index (κ1) is 29.5. The molecule has 7 rings (SSSR count). The largest absolute Gasteiger partial charge is 0.355 e. The monoisotopic (exact) mass is 644 g/mol. The molecule has 3 atom stereocenters.